The molecule has 36 heavy (non-hydrogen) atoms. The van der Waals surface area contributed by atoms with Gasteiger partial charge in [-0.05, 0) is 62.7 Å². The third kappa shape index (κ3) is 4.73. The van der Waals surface area contributed by atoms with Gasteiger partial charge < -0.3 is 14.6 Å². The minimum Gasteiger partial charge on any atom is -0.507 e. The Kier molecular flexibility index (Phi) is 6.92. The number of hydrogen-bond donors (Lipinski definition) is 1. The lowest BCUT2D eigenvalue weighted by Crippen LogP contribution is -2.29. The number of nitrogens with zero attached hydrogens (tertiary/aromatic N) is 1. The number of anilines is 1. The molecule has 0 aromatic heterocycles. The largest absolute Gasteiger partial charge is 0.507 e. The number of methoxy groups -OCH3 is 1. The molecule has 1 heterocycles. The normalized spacial score (nSPS) is 16.9. The van der Waals surface area contributed by atoms with E-state index < -0.39 is 23.7 Å². The molecule has 1 fully saturated rings. The van der Waals surface area contributed by atoms with Crippen LogP contribution in [0, 0.1) is 6.92 Å². The van der Waals surface area contributed by atoms with E-state index in [-0.39, 0.29) is 17.4 Å². The van der Waals surface area contributed by atoms with Crippen molar-refractivity contribution >= 4 is 29.1 Å². The van der Waals surface area contributed by atoms with Crippen molar-refractivity contribution in [1.29, 1.82) is 0 Å². The summed E-state index contributed by atoms with van der Waals surface area (Å²) in [7, 11) is 1.51. The van der Waals surface area contributed by atoms with Gasteiger partial charge in [-0.2, -0.15) is 0 Å². The summed E-state index contributed by atoms with van der Waals surface area (Å²) in [5, 5.41) is 11.3. The van der Waals surface area contributed by atoms with Crippen LogP contribution >= 0.6 is 0 Å². The highest BCUT2D eigenvalue weighted by molar-refractivity contribution is 6.51. The highest BCUT2D eigenvalue weighted by atomic mass is 16.5. The second-order valence-electron chi connectivity index (χ2n) is 8.82. The Morgan fingerprint density at radius 1 is 0.944 bits per heavy atom. The van der Waals surface area contributed by atoms with Gasteiger partial charge in [-0.15, -0.1) is 0 Å². The Bertz CT molecular complexity index is 1360. The second-order valence-corrected chi connectivity index (χ2v) is 8.82. The first-order chi connectivity index (χ1) is 17.2. The van der Waals surface area contributed by atoms with Crippen molar-refractivity contribution in [2.24, 2.45) is 0 Å². The molecule has 0 spiro atoms. The summed E-state index contributed by atoms with van der Waals surface area (Å²) in [5.74, 6) is -1.84. The summed E-state index contributed by atoms with van der Waals surface area (Å²) in [6.07, 6.45) is -0.270. The van der Waals surface area contributed by atoms with Crippen molar-refractivity contribution in [3.05, 3.63) is 101 Å². The van der Waals surface area contributed by atoms with E-state index in [9.17, 15) is 19.5 Å². The van der Waals surface area contributed by atoms with Gasteiger partial charge in [-0.25, -0.2) is 4.79 Å². The van der Waals surface area contributed by atoms with Crippen LogP contribution in [0.5, 0.6) is 5.75 Å². The standard InChI is InChI=1S/C29H27NO6/c1-17(2)36-29(34)19-11-13-22(14-12-19)30-25(20-8-5-7-18(3)15-20)24(27(32)28(30)33)26(31)21-9-6-10-23(16-21)35-4/h5-17,25,31H,1-4H3/b26-24+. The summed E-state index contributed by atoms with van der Waals surface area (Å²) >= 11 is 0. The first-order valence-electron chi connectivity index (χ1n) is 11.5. The third-order valence-electron chi connectivity index (χ3n) is 5.87. The minimum atomic E-state index is -0.871. The van der Waals surface area contributed by atoms with Gasteiger partial charge in [0.15, 0.2) is 0 Å². The summed E-state index contributed by atoms with van der Waals surface area (Å²) in [5.41, 5.74) is 2.68. The van der Waals surface area contributed by atoms with Crippen molar-refractivity contribution in [3.63, 3.8) is 0 Å². The van der Waals surface area contributed by atoms with Crippen molar-refractivity contribution in [3.8, 4) is 5.75 Å². The number of ketones is 1. The predicted molar refractivity (Wildman–Crippen MR) is 136 cm³/mol. The van der Waals surface area contributed by atoms with Crippen molar-refractivity contribution < 1.29 is 29.0 Å². The predicted octanol–water partition coefficient (Wildman–Crippen LogP) is 5.20. The van der Waals surface area contributed by atoms with Gasteiger partial charge in [0, 0.05) is 11.3 Å². The first-order valence-corrected chi connectivity index (χ1v) is 11.5. The van der Waals surface area contributed by atoms with Crippen molar-refractivity contribution in [1.82, 2.24) is 0 Å². The molecule has 1 N–H and O–H groups in total. The molecular formula is C29H27NO6. The molecule has 3 aromatic rings. The van der Waals surface area contributed by atoms with Crippen molar-refractivity contribution in [2.75, 3.05) is 12.0 Å². The Morgan fingerprint density at radius 2 is 1.64 bits per heavy atom. The zero-order valence-corrected chi connectivity index (χ0v) is 20.5. The zero-order valence-electron chi connectivity index (χ0n) is 20.5. The summed E-state index contributed by atoms with van der Waals surface area (Å²) < 4.78 is 10.5. The maximum absolute atomic E-state index is 13.3. The highest BCUT2D eigenvalue weighted by Gasteiger charge is 2.47. The molecular weight excluding hydrogens is 458 g/mol. The van der Waals surface area contributed by atoms with Crippen molar-refractivity contribution in [2.45, 2.75) is 32.9 Å². The lowest BCUT2D eigenvalue weighted by molar-refractivity contribution is -0.132. The number of rotatable bonds is 6. The van der Waals surface area contributed by atoms with Gasteiger partial charge in [0.05, 0.1) is 30.4 Å². The molecule has 1 aliphatic heterocycles. The highest BCUT2D eigenvalue weighted by Crippen LogP contribution is 2.42. The van der Waals surface area contributed by atoms with E-state index in [0.717, 1.165) is 5.56 Å². The number of carbonyl (C=O) groups excluding carboxylic acids is 3. The molecule has 1 unspecified atom stereocenters. The molecule has 0 bridgehead atoms. The van der Waals surface area contributed by atoms with Gasteiger partial charge >= 0.3 is 5.97 Å². The van der Waals surface area contributed by atoms with Crippen LogP contribution in [0.4, 0.5) is 5.69 Å². The fraction of sp³-hybridized carbons (Fsp3) is 0.207. The molecule has 184 valence electrons. The number of hydrogen-bond acceptors (Lipinski definition) is 6. The van der Waals surface area contributed by atoms with E-state index in [0.29, 0.717) is 28.1 Å². The molecule has 1 amide bonds. The van der Waals surface area contributed by atoms with E-state index in [1.54, 1.807) is 62.4 Å². The third-order valence-corrected chi connectivity index (χ3v) is 5.87. The number of aliphatic hydroxyl groups is 1. The number of ether oxygens (including phenoxy) is 2. The maximum atomic E-state index is 13.3. The number of carbonyl (C=O) groups is 3. The molecule has 1 atom stereocenters. The maximum Gasteiger partial charge on any atom is 0.338 e. The molecule has 0 radical (unpaired) electrons. The topological polar surface area (TPSA) is 93.1 Å². The Morgan fingerprint density at radius 3 is 2.28 bits per heavy atom. The van der Waals surface area contributed by atoms with Gasteiger partial charge in [-0.1, -0.05) is 42.0 Å². The minimum absolute atomic E-state index is 0.0258. The van der Waals surface area contributed by atoms with Crippen LogP contribution in [-0.2, 0) is 14.3 Å². The average Bonchev–Trinajstić information content (AvgIpc) is 3.13. The fourth-order valence-electron chi connectivity index (χ4n) is 4.22. The fourth-order valence-corrected chi connectivity index (χ4v) is 4.22. The number of aryl methyl sites for hydroxylation is 1. The zero-order chi connectivity index (χ0) is 26.0. The Balaban J connectivity index is 1.85. The monoisotopic (exact) mass is 485 g/mol. The summed E-state index contributed by atoms with van der Waals surface area (Å²) in [6, 6.07) is 19.5. The number of amides is 1. The van der Waals surface area contributed by atoms with Crippen LogP contribution in [0.3, 0.4) is 0 Å². The van der Waals surface area contributed by atoms with Crippen LogP contribution in [0.1, 0.15) is 46.9 Å². The summed E-state index contributed by atoms with van der Waals surface area (Å²) in [6.45, 7) is 5.43. The number of aliphatic hydroxyl groups excluding tert-OH is 1. The van der Waals surface area contributed by atoms with E-state index >= 15 is 0 Å². The first kappa shape index (κ1) is 24.7. The Hall–Kier alpha value is -4.39. The van der Waals surface area contributed by atoms with E-state index in [1.165, 1.54) is 12.0 Å². The van der Waals surface area contributed by atoms with Crippen LogP contribution < -0.4 is 9.64 Å². The molecule has 1 aliphatic rings. The van der Waals surface area contributed by atoms with Crippen LogP contribution in [0.15, 0.2) is 78.4 Å². The van der Waals surface area contributed by atoms with Gasteiger partial charge in [0.2, 0.25) is 0 Å². The SMILES string of the molecule is COc1cccc(/C(O)=C2\C(=O)C(=O)N(c3ccc(C(=O)OC(C)C)cc3)C2c2cccc(C)c2)c1. The van der Waals surface area contributed by atoms with E-state index in [2.05, 4.69) is 0 Å². The number of esters is 1. The van der Waals surface area contributed by atoms with Crippen LogP contribution in [-0.4, -0.2) is 36.0 Å². The lowest BCUT2D eigenvalue weighted by atomic mass is 9.94. The van der Waals surface area contributed by atoms with E-state index in [4.69, 9.17) is 9.47 Å². The van der Waals surface area contributed by atoms with Gasteiger partial charge in [0.1, 0.15) is 11.5 Å². The smallest absolute Gasteiger partial charge is 0.338 e. The summed E-state index contributed by atoms with van der Waals surface area (Å²) in [4.78, 5) is 40.2. The number of benzene rings is 3. The average molecular weight is 486 g/mol. The second kappa shape index (κ2) is 10.1. The molecule has 7 nitrogen and oxygen atoms in total. The molecule has 7 heteroatoms. The van der Waals surface area contributed by atoms with Crippen LogP contribution in [0.2, 0.25) is 0 Å². The molecule has 4 rings (SSSR count). The molecule has 0 aliphatic carbocycles. The van der Waals surface area contributed by atoms with Crippen LogP contribution in [0.25, 0.3) is 5.76 Å². The Labute approximate surface area is 209 Å². The lowest BCUT2D eigenvalue weighted by Gasteiger charge is -2.26. The quantitative estimate of drug-likeness (QED) is 0.223. The molecule has 3 aromatic carbocycles. The van der Waals surface area contributed by atoms with Gasteiger partial charge in [0.25, 0.3) is 11.7 Å². The van der Waals surface area contributed by atoms with E-state index in [1.807, 2.05) is 31.2 Å². The molecule has 1 saturated heterocycles. The number of Topliss-reactive ketones (excluding diaryl/α,β-unsaturated/α-hetero) is 1. The molecule has 0 saturated carbocycles. The van der Waals surface area contributed by atoms with Gasteiger partial charge in [-0.3, -0.25) is 14.5 Å².